The van der Waals surface area contributed by atoms with Gasteiger partial charge >= 0.3 is 12.1 Å². The third kappa shape index (κ3) is 3.78. The van der Waals surface area contributed by atoms with Crippen LogP contribution in [0.4, 0.5) is 18.9 Å². The molecule has 0 aliphatic carbocycles. The number of nitro groups is 1. The fraction of sp³-hybridized carbons (Fsp3) is 0.0714. The van der Waals surface area contributed by atoms with Gasteiger partial charge in [-0.15, -0.1) is 0 Å². The highest BCUT2D eigenvalue weighted by atomic mass is 35.5. The number of nitrogens with zero attached hydrogens (tertiary/aromatic N) is 1. The molecule has 23 heavy (non-hydrogen) atoms. The number of para-hydroxylation sites is 1. The smallest absolute Gasteiger partial charge is 0.419 e. The molecule has 0 fully saturated rings. The van der Waals surface area contributed by atoms with Gasteiger partial charge in [-0.3, -0.25) is 10.1 Å². The van der Waals surface area contributed by atoms with E-state index in [0.29, 0.717) is 0 Å². The molecule has 0 aliphatic heterocycles. The van der Waals surface area contributed by atoms with E-state index < -0.39 is 39.6 Å². The predicted molar refractivity (Wildman–Crippen MR) is 74.5 cm³/mol. The first-order valence-electron chi connectivity index (χ1n) is 6.02. The number of carbonyl (C=O) groups excluding carboxylic acids is 1. The molecule has 2 rings (SSSR count). The lowest BCUT2D eigenvalue weighted by atomic mass is 10.2. The third-order valence-electron chi connectivity index (χ3n) is 2.78. The molecule has 0 atom stereocenters. The molecular formula is C14H7ClF3NO4. The number of ether oxygens (including phenoxy) is 1. The standard InChI is InChI=1S/C14H7ClF3NO4/c15-11-6-5-8(19(21)22)7-9(11)13(20)23-12-4-2-1-3-10(12)14(16,17)18/h1-7H. The Hall–Kier alpha value is -2.61. The Bertz CT molecular complexity index is 777. The number of hydrogen-bond acceptors (Lipinski definition) is 4. The quantitative estimate of drug-likeness (QED) is 0.356. The zero-order chi connectivity index (χ0) is 17.2. The summed E-state index contributed by atoms with van der Waals surface area (Å²) in [6, 6.07) is 7.09. The van der Waals surface area contributed by atoms with Crippen LogP contribution < -0.4 is 4.74 Å². The van der Waals surface area contributed by atoms with Crippen molar-refractivity contribution >= 4 is 23.3 Å². The summed E-state index contributed by atoms with van der Waals surface area (Å²) in [6.45, 7) is 0. The van der Waals surface area contributed by atoms with Crippen molar-refractivity contribution < 1.29 is 27.6 Å². The molecule has 0 saturated carbocycles. The monoisotopic (exact) mass is 345 g/mol. The number of esters is 1. The molecule has 0 aromatic heterocycles. The Balaban J connectivity index is 2.38. The Labute approximate surface area is 132 Å². The first-order chi connectivity index (χ1) is 10.7. The molecule has 0 heterocycles. The van der Waals surface area contributed by atoms with Crippen molar-refractivity contribution in [1.29, 1.82) is 0 Å². The van der Waals surface area contributed by atoms with E-state index in [1.54, 1.807) is 0 Å². The van der Waals surface area contributed by atoms with Crippen LogP contribution in [0.1, 0.15) is 15.9 Å². The second-order valence-electron chi connectivity index (χ2n) is 4.30. The molecule has 0 spiro atoms. The van der Waals surface area contributed by atoms with Gasteiger partial charge in [-0.2, -0.15) is 13.2 Å². The van der Waals surface area contributed by atoms with Crippen LogP contribution in [0.3, 0.4) is 0 Å². The number of rotatable bonds is 3. The van der Waals surface area contributed by atoms with Gasteiger partial charge in [0, 0.05) is 12.1 Å². The van der Waals surface area contributed by atoms with Crippen molar-refractivity contribution in [2.45, 2.75) is 6.18 Å². The average molecular weight is 346 g/mol. The van der Waals surface area contributed by atoms with Gasteiger partial charge in [0.2, 0.25) is 0 Å². The number of benzene rings is 2. The molecule has 2 aromatic carbocycles. The number of hydrogen-bond donors (Lipinski definition) is 0. The molecule has 0 aliphatic rings. The number of nitro benzene ring substituents is 1. The van der Waals surface area contributed by atoms with Crippen LogP contribution >= 0.6 is 11.6 Å². The molecule has 0 saturated heterocycles. The van der Waals surface area contributed by atoms with Crippen molar-refractivity contribution in [3.05, 3.63) is 68.7 Å². The summed E-state index contributed by atoms with van der Waals surface area (Å²) in [5.41, 5.74) is -1.99. The van der Waals surface area contributed by atoms with E-state index in [9.17, 15) is 28.1 Å². The summed E-state index contributed by atoms with van der Waals surface area (Å²) in [5.74, 6) is -1.94. The first-order valence-corrected chi connectivity index (χ1v) is 6.40. The highest BCUT2D eigenvalue weighted by Crippen LogP contribution is 2.36. The number of alkyl halides is 3. The Kier molecular flexibility index (Phi) is 4.55. The Morgan fingerprint density at radius 3 is 2.43 bits per heavy atom. The fourth-order valence-electron chi connectivity index (χ4n) is 1.73. The van der Waals surface area contributed by atoms with E-state index >= 15 is 0 Å². The van der Waals surface area contributed by atoms with Crippen molar-refractivity contribution in [2.24, 2.45) is 0 Å². The molecule has 0 radical (unpaired) electrons. The van der Waals surface area contributed by atoms with Crippen LogP contribution in [0.15, 0.2) is 42.5 Å². The van der Waals surface area contributed by atoms with Gasteiger partial charge in [0.05, 0.1) is 21.1 Å². The molecule has 2 aromatic rings. The molecule has 120 valence electrons. The predicted octanol–water partition coefficient (Wildman–Crippen LogP) is 4.49. The summed E-state index contributed by atoms with van der Waals surface area (Å²) >= 11 is 5.75. The Morgan fingerprint density at radius 2 is 1.83 bits per heavy atom. The van der Waals surface area contributed by atoms with Crippen molar-refractivity contribution in [1.82, 2.24) is 0 Å². The van der Waals surface area contributed by atoms with Crippen LogP contribution in [0, 0.1) is 10.1 Å². The van der Waals surface area contributed by atoms with Crippen LogP contribution in [0.25, 0.3) is 0 Å². The maximum absolute atomic E-state index is 12.8. The molecule has 0 bridgehead atoms. The zero-order valence-corrected chi connectivity index (χ0v) is 11.9. The van der Waals surface area contributed by atoms with E-state index in [1.165, 1.54) is 6.07 Å². The van der Waals surface area contributed by atoms with E-state index in [1.807, 2.05) is 0 Å². The number of carbonyl (C=O) groups is 1. The van der Waals surface area contributed by atoms with Crippen LogP contribution in [0.5, 0.6) is 5.75 Å². The minimum absolute atomic E-state index is 0.176. The minimum atomic E-state index is -4.72. The van der Waals surface area contributed by atoms with Crippen LogP contribution in [-0.4, -0.2) is 10.9 Å². The lowest BCUT2D eigenvalue weighted by Gasteiger charge is -2.12. The topological polar surface area (TPSA) is 69.4 Å². The number of non-ortho nitro benzene ring substituents is 1. The summed E-state index contributed by atoms with van der Waals surface area (Å²) < 4.78 is 43.2. The van der Waals surface area contributed by atoms with Crippen LogP contribution in [-0.2, 0) is 6.18 Å². The SMILES string of the molecule is O=C(Oc1ccccc1C(F)(F)F)c1cc([N+](=O)[O-])ccc1Cl. The van der Waals surface area contributed by atoms with Gasteiger partial charge in [-0.25, -0.2) is 4.79 Å². The molecule has 9 heteroatoms. The van der Waals surface area contributed by atoms with Gasteiger partial charge in [0.1, 0.15) is 5.75 Å². The molecule has 0 N–H and O–H groups in total. The maximum Gasteiger partial charge on any atom is 0.419 e. The fourth-order valence-corrected chi connectivity index (χ4v) is 1.92. The van der Waals surface area contributed by atoms with E-state index in [2.05, 4.69) is 0 Å². The highest BCUT2D eigenvalue weighted by molar-refractivity contribution is 6.33. The van der Waals surface area contributed by atoms with Gasteiger partial charge < -0.3 is 4.74 Å². The van der Waals surface area contributed by atoms with Gasteiger partial charge in [0.15, 0.2) is 0 Å². The number of halogens is 4. The third-order valence-corrected chi connectivity index (χ3v) is 3.11. The maximum atomic E-state index is 12.8. The molecule has 0 unspecified atom stereocenters. The lowest BCUT2D eigenvalue weighted by Crippen LogP contribution is -2.14. The highest BCUT2D eigenvalue weighted by Gasteiger charge is 2.35. The van der Waals surface area contributed by atoms with Gasteiger partial charge in [0.25, 0.3) is 5.69 Å². The summed E-state index contributed by atoms with van der Waals surface area (Å²) in [5, 5.41) is 10.5. The molecular weight excluding hydrogens is 339 g/mol. The van der Waals surface area contributed by atoms with Crippen molar-refractivity contribution in [3.63, 3.8) is 0 Å². The lowest BCUT2D eigenvalue weighted by molar-refractivity contribution is -0.384. The second-order valence-corrected chi connectivity index (χ2v) is 4.71. The van der Waals surface area contributed by atoms with Crippen molar-refractivity contribution in [2.75, 3.05) is 0 Å². The summed E-state index contributed by atoms with van der Waals surface area (Å²) in [4.78, 5) is 21.9. The summed E-state index contributed by atoms with van der Waals surface area (Å²) in [7, 11) is 0. The second kappa shape index (κ2) is 6.25. The average Bonchev–Trinajstić information content (AvgIpc) is 2.46. The van der Waals surface area contributed by atoms with Gasteiger partial charge in [-0.1, -0.05) is 23.7 Å². The normalized spacial score (nSPS) is 11.1. The molecule has 0 amide bonds. The Morgan fingerprint density at radius 1 is 1.17 bits per heavy atom. The zero-order valence-electron chi connectivity index (χ0n) is 11.1. The van der Waals surface area contributed by atoms with E-state index in [4.69, 9.17) is 16.3 Å². The van der Waals surface area contributed by atoms with Crippen molar-refractivity contribution in [3.8, 4) is 5.75 Å². The molecule has 5 nitrogen and oxygen atoms in total. The van der Waals surface area contributed by atoms with E-state index in [0.717, 1.165) is 36.4 Å². The van der Waals surface area contributed by atoms with E-state index in [-0.39, 0.29) is 5.02 Å². The summed E-state index contributed by atoms with van der Waals surface area (Å²) in [6.07, 6.45) is -4.72. The first kappa shape index (κ1) is 16.8. The van der Waals surface area contributed by atoms with Gasteiger partial charge in [-0.05, 0) is 18.2 Å². The van der Waals surface area contributed by atoms with Crippen LogP contribution in [0.2, 0.25) is 5.02 Å². The largest absolute Gasteiger partial charge is 0.422 e. The minimum Gasteiger partial charge on any atom is -0.422 e.